The van der Waals surface area contributed by atoms with Gasteiger partial charge in [-0.2, -0.15) is 0 Å². The van der Waals surface area contributed by atoms with E-state index in [0.29, 0.717) is 18.3 Å². The van der Waals surface area contributed by atoms with Crippen molar-refractivity contribution < 1.29 is 9.21 Å². The summed E-state index contributed by atoms with van der Waals surface area (Å²) < 4.78 is 5.84. The van der Waals surface area contributed by atoms with Crippen LogP contribution in [0.1, 0.15) is 34.3 Å². The highest BCUT2D eigenvalue weighted by Gasteiger charge is 2.29. The lowest BCUT2D eigenvalue weighted by Crippen LogP contribution is -2.38. The van der Waals surface area contributed by atoms with E-state index in [1.54, 1.807) is 11.3 Å². The molecule has 0 radical (unpaired) electrons. The third-order valence-corrected chi connectivity index (χ3v) is 5.68. The fourth-order valence-corrected chi connectivity index (χ4v) is 4.15. The highest BCUT2D eigenvalue weighted by molar-refractivity contribution is 7.13. The average molecular weight is 345 g/mol. The molecule has 23 heavy (non-hydrogen) atoms. The van der Waals surface area contributed by atoms with Gasteiger partial charge in [0.2, 0.25) is 5.89 Å². The van der Waals surface area contributed by atoms with Crippen LogP contribution in [0, 0.1) is 0 Å². The molecule has 1 unspecified atom stereocenters. The van der Waals surface area contributed by atoms with Crippen molar-refractivity contribution in [3.8, 4) is 10.8 Å². The molecule has 3 aromatic rings. The molecule has 118 valence electrons. The summed E-state index contributed by atoms with van der Waals surface area (Å²) >= 11 is 3.06. The number of hydrogen-bond acceptors (Lipinski definition) is 6. The summed E-state index contributed by atoms with van der Waals surface area (Å²) in [5, 5.41) is 12.3. The van der Waals surface area contributed by atoms with Crippen LogP contribution in [0.25, 0.3) is 10.8 Å². The summed E-state index contributed by atoms with van der Waals surface area (Å²) in [6, 6.07) is 7.71. The molecule has 0 bridgehead atoms. The minimum absolute atomic E-state index is 0.0997. The maximum absolute atomic E-state index is 12.5. The number of nitrogens with zero attached hydrogens (tertiary/aromatic N) is 3. The zero-order valence-electron chi connectivity index (χ0n) is 12.3. The molecule has 0 aliphatic carbocycles. The highest BCUT2D eigenvalue weighted by Crippen LogP contribution is 2.30. The first-order chi connectivity index (χ1) is 11.3. The Labute approximate surface area is 141 Å². The van der Waals surface area contributed by atoms with Crippen LogP contribution in [0.15, 0.2) is 39.4 Å². The third-order valence-electron chi connectivity index (χ3n) is 3.96. The number of aromatic nitrogens is 2. The summed E-state index contributed by atoms with van der Waals surface area (Å²) in [6.07, 6.45) is 1.93. The number of hydrogen-bond donors (Lipinski definition) is 0. The second-order valence-electron chi connectivity index (χ2n) is 5.49. The zero-order valence-corrected chi connectivity index (χ0v) is 14.0. The summed E-state index contributed by atoms with van der Waals surface area (Å²) in [7, 11) is 0. The maximum Gasteiger partial charge on any atom is 0.263 e. The Kier molecular flexibility index (Phi) is 3.97. The lowest BCUT2D eigenvalue weighted by atomic mass is 9.98. The molecule has 0 aromatic carbocycles. The molecule has 3 aromatic heterocycles. The topological polar surface area (TPSA) is 59.2 Å². The van der Waals surface area contributed by atoms with Gasteiger partial charge in [-0.1, -0.05) is 12.1 Å². The second kappa shape index (κ2) is 6.25. The highest BCUT2D eigenvalue weighted by atomic mass is 32.1. The van der Waals surface area contributed by atoms with E-state index in [1.807, 2.05) is 39.9 Å². The monoisotopic (exact) mass is 345 g/mol. The average Bonchev–Trinajstić information content (AvgIpc) is 3.36. The molecule has 7 heteroatoms. The first-order valence-corrected chi connectivity index (χ1v) is 9.27. The maximum atomic E-state index is 12.5. The minimum Gasteiger partial charge on any atom is -0.420 e. The van der Waals surface area contributed by atoms with Gasteiger partial charge < -0.3 is 9.32 Å². The van der Waals surface area contributed by atoms with Crippen LogP contribution in [0.3, 0.4) is 0 Å². The van der Waals surface area contributed by atoms with Gasteiger partial charge in [-0.15, -0.1) is 32.9 Å². The Morgan fingerprint density at radius 2 is 2.09 bits per heavy atom. The van der Waals surface area contributed by atoms with E-state index in [-0.39, 0.29) is 11.8 Å². The second-order valence-corrected chi connectivity index (χ2v) is 7.39. The quantitative estimate of drug-likeness (QED) is 0.723. The molecule has 1 amide bonds. The van der Waals surface area contributed by atoms with Crippen molar-refractivity contribution in [3.63, 3.8) is 0 Å². The molecule has 0 N–H and O–H groups in total. The SMILES string of the molecule is O=C(c1cccs1)N1CCCC(c2nnc(-c3cccs3)o2)C1. The van der Waals surface area contributed by atoms with Crippen molar-refractivity contribution in [2.24, 2.45) is 0 Å². The molecule has 0 spiro atoms. The van der Waals surface area contributed by atoms with E-state index in [0.717, 1.165) is 29.1 Å². The Balaban J connectivity index is 1.50. The number of carbonyl (C=O) groups excluding carboxylic acids is 1. The van der Waals surface area contributed by atoms with Crippen molar-refractivity contribution in [1.29, 1.82) is 0 Å². The first kappa shape index (κ1) is 14.6. The number of amides is 1. The van der Waals surface area contributed by atoms with Crippen molar-refractivity contribution in [1.82, 2.24) is 15.1 Å². The van der Waals surface area contributed by atoms with E-state index in [4.69, 9.17) is 4.42 Å². The molecule has 4 rings (SSSR count). The molecule has 1 aliphatic rings. The predicted octanol–water partition coefficient (Wildman–Crippen LogP) is 3.88. The lowest BCUT2D eigenvalue weighted by molar-refractivity contribution is 0.0703. The third kappa shape index (κ3) is 2.94. The number of carbonyl (C=O) groups is 1. The summed E-state index contributed by atoms with van der Waals surface area (Å²) in [5.74, 6) is 1.42. The summed E-state index contributed by atoms with van der Waals surface area (Å²) in [5.41, 5.74) is 0. The molecular weight excluding hydrogens is 330 g/mol. The van der Waals surface area contributed by atoms with Gasteiger partial charge in [-0.3, -0.25) is 4.79 Å². The van der Waals surface area contributed by atoms with Gasteiger partial charge in [0.05, 0.1) is 15.7 Å². The van der Waals surface area contributed by atoms with Crippen LogP contribution < -0.4 is 0 Å². The molecule has 1 aliphatic heterocycles. The molecule has 1 saturated heterocycles. The van der Waals surface area contributed by atoms with Crippen molar-refractivity contribution in [2.45, 2.75) is 18.8 Å². The largest absolute Gasteiger partial charge is 0.420 e. The minimum atomic E-state index is 0.0997. The van der Waals surface area contributed by atoms with E-state index in [2.05, 4.69) is 10.2 Å². The van der Waals surface area contributed by atoms with Gasteiger partial charge in [0.25, 0.3) is 11.8 Å². The smallest absolute Gasteiger partial charge is 0.263 e. The number of piperidine rings is 1. The van der Waals surface area contributed by atoms with Gasteiger partial charge in [0, 0.05) is 13.1 Å². The van der Waals surface area contributed by atoms with Crippen LogP contribution >= 0.6 is 22.7 Å². The Morgan fingerprint density at radius 3 is 2.87 bits per heavy atom. The van der Waals surface area contributed by atoms with Crippen LogP contribution in [-0.2, 0) is 0 Å². The molecule has 5 nitrogen and oxygen atoms in total. The Hall–Kier alpha value is -1.99. The molecule has 0 saturated carbocycles. The van der Waals surface area contributed by atoms with E-state index < -0.39 is 0 Å². The zero-order chi connectivity index (χ0) is 15.6. The van der Waals surface area contributed by atoms with Crippen LogP contribution in [0.5, 0.6) is 0 Å². The first-order valence-electron chi connectivity index (χ1n) is 7.51. The van der Waals surface area contributed by atoms with Crippen molar-refractivity contribution >= 4 is 28.6 Å². The van der Waals surface area contributed by atoms with Crippen molar-refractivity contribution in [3.05, 3.63) is 45.8 Å². The van der Waals surface area contributed by atoms with Gasteiger partial charge in [0.15, 0.2) is 0 Å². The van der Waals surface area contributed by atoms with Crippen LogP contribution in [0.4, 0.5) is 0 Å². The molecule has 1 atom stereocenters. The predicted molar refractivity (Wildman–Crippen MR) is 89.8 cm³/mol. The standard InChI is InChI=1S/C16H15N3O2S2/c20-16(13-6-3-9-23-13)19-7-1-4-11(10-19)14-17-18-15(21-14)12-5-2-8-22-12/h2-3,5-6,8-9,11H,1,4,7,10H2. The van der Waals surface area contributed by atoms with E-state index in [1.165, 1.54) is 11.3 Å². The van der Waals surface area contributed by atoms with Crippen LogP contribution in [-0.4, -0.2) is 34.1 Å². The van der Waals surface area contributed by atoms with Gasteiger partial charge in [0.1, 0.15) is 0 Å². The van der Waals surface area contributed by atoms with Gasteiger partial charge in [-0.25, -0.2) is 0 Å². The number of likely N-dealkylation sites (tertiary alicyclic amines) is 1. The number of thiophene rings is 2. The molecule has 1 fully saturated rings. The summed E-state index contributed by atoms with van der Waals surface area (Å²) in [6.45, 7) is 1.43. The molecular formula is C16H15N3O2S2. The van der Waals surface area contributed by atoms with Crippen molar-refractivity contribution in [2.75, 3.05) is 13.1 Å². The normalized spacial score (nSPS) is 18.3. The van der Waals surface area contributed by atoms with E-state index >= 15 is 0 Å². The van der Waals surface area contributed by atoms with Gasteiger partial charge in [-0.05, 0) is 35.7 Å². The summed E-state index contributed by atoms with van der Waals surface area (Å²) in [4.78, 5) is 16.2. The van der Waals surface area contributed by atoms with E-state index in [9.17, 15) is 4.79 Å². The Bertz CT molecular complexity index is 780. The Morgan fingerprint density at radius 1 is 1.22 bits per heavy atom. The fraction of sp³-hybridized carbons (Fsp3) is 0.312. The lowest BCUT2D eigenvalue weighted by Gasteiger charge is -2.30. The molecule has 4 heterocycles. The van der Waals surface area contributed by atoms with Gasteiger partial charge >= 0.3 is 0 Å². The fourth-order valence-electron chi connectivity index (χ4n) is 2.82. The van der Waals surface area contributed by atoms with Crippen LogP contribution in [0.2, 0.25) is 0 Å². The number of rotatable bonds is 3.